The van der Waals surface area contributed by atoms with E-state index >= 15 is 0 Å². The molecule has 92 valence electrons. The maximum Gasteiger partial charge on any atom is 0.231 e. The molecule has 0 unspecified atom stereocenters. The summed E-state index contributed by atoms with van der Waals surface area (Å²) >= 11 is 0. The van der Waals surface area contributed by atoms with Gasteiger partial charge in [-0.05, 0) is 17.7 Å². The third-order valence-electron chi connectivity index (χ3n) is 2.68. The Morgan fingerprint density at radius 2 is 2.18 bits per heavy atom. The molecule has 0 saturated carbocycles. The van der Waals surface area contributed by atoms with Gasteiger partial charge >= 0.3 is 0 Å². The molecule has 1 aromatic carbocycles. The fraction of sp³-hybridized carbons (Fsp3) is 0.385. The summed E-state index contributed by atoms with van der Waals surface area (Å²) in [4.78, 5) is 2.24. The Hall–Kier alpha value is -1.52. The molecule has 1 heterocycles. The molecule has 1 aliphatic rings. The molecular formula is C13H18N2O2. The van der Waals surface area contributed by atoms with Crippen LogP contribution in [0.25, 0.3) is 0 Å². The van der Waals surface area contributed by atoms with E-state index < -0.39 is 0 Å². The number of nitrogens with zero attached hydrogens (tertiary/aromatic N) is 1. The van der Waals surface area contributed by atoms with Crippen LogP contribution in [0.5, 0.6) is 11.5 Å². The zero-order valence-corrected chi connectivity index (χ0v) is 9.89. The second-order valence-corrected chi connectivity index (χ2v) is 4.00. The van der Waals surface area contributed by atoms with Gasteiger partial charge in [-0.1, -0.05) is 12.1 Å². The largest absolute Gasteiger partial charge is 0.454 e. The summed E-state index contributed by atoms with van der Waals surface area (Å²) in [5, 5.41) is 0. The van der Waals surface area contributed by atoms with Crippen molar-refractivity contribution in [2.24, 2.45) is 5.73 Å². The molecule has 4 nitrogen and oxygen atoms in total. The van der Waals surface area contributed by atoms with Crippen LogP contribution >= 0.6 is 0 Å². The molecule has 0 aromatic heterocycles. The zero-order valence-electron chi connectivity index (χ0n) is 9.89. The highest BCUT2D eigenvalue weighted by molar-refractivity contribution is 5.44. The molecule has 2 rings (SSSR count). The lowest BCUT2D eigenvalue weighted by atomic mass is 10.2. The minimum Gasteiger partial charge on any atom is -0.454 e. The molecular weight excluding hydrogens is 216 g/mol. The highest BCUT2D eigenvalue weighted by atomic mass is 16.7. The van der Waals surface area contributed by atoms with Gasteiger partial charge in [0, 0.05) is 26.2 Å². The number of hydrogen-bond donors (Lipinski definition) is 1. The fourth-order valence-electron chi connectivity index (χ4n) is 1.90. The van der Waals surface area contributed by atoms with E-state index in [1.807, 2.05) is 18.2 Å². The van der Waals surface area contributed by atoms with E-state index in [0.29, 0.717) is 13.3 Å². The van der Waals surface area contributed by atoms with Crippen LogP contribution in [0.4, 0.5) is 0 Å². The van der Waals surface area contributed by atoms with Crippen molar-refractivity contribution in [2.45, 2.75) is 6.54 Å². The average Bonchev–Trinajstić information content (AvgIpc) is 2.77. The van der Waals surface area contributed by atoms with Gasteiger partial charge in [0.1, 0.15) is 0 Å². The second kappa shape index (κ2) is 5.70. The van der Waals surface area contributed by atoms with E-state index in [4.69, 9.17) is 15.2 Å². The van der Waals surface area contributed by atoms with E-state index in [-0.39, 0.29) is 0 Å². The van der Waals surface area contributed by atoms with Crippen molar-refractivity contribution in [2.75, 3.05) is 26.4 Å². The van der Waals surface area contributed by atoms with E-state index in [0.717, 1.165) is 31.1 Å². The number of fused-ring (bicyclic) bond motifs is 1. The van der Waals surface area contributed by atoms with E-state index in [1.165, 1.54) is 5.56 Å². The number of hydrogen-bond acceptors (Lipinski definition) is 4. The molecule has 0 fully saturated rings. The number of rotatable bonds is 6. The van der Waals surface area contributed by atoms with Crippen LogP contribution in [-0.2, 0) is 6.54 Å². The monoisotopic (exact) mass is 234 g/mol. The van der Waals surface area contributed by atoms with Crippen molar-refractivity contribution in [3.8, 4) is 11.5 Å². The minimum absolute atomic E-state index is 0.317. The molecule has 4 heteroatoms. The normalized spacial score (nSPS) is 13.1. The summed E-state index contributed by atoms with van der Waals surface area (Å²) in [5.41, 5.74) is 6.78. The molecule has 0 radical (unpaired) electrons. The van der Waals surface area contributed by atoms with Crippen molar-refractivity contribution < 1.29 is 9.47 Å². The zero-order chi connectivity index (χ0) is 12.1. The molecule has 2 N–H and O–H groups in total. The lowest BCUT2D eigenvalue weighted by Gasteiger charge is -2.19. The predicted octanol–water partition coefficient (Wildman–Crippen LogP) is 1.36. The molecule has 17 heavy (non-hydrogen) atoms. The number of ether oxygens (including phenoxy) is 2. The Morgan fingerprint density at radius 3 is 2.94 bits per heavy atom. The SMILES string of the molecule is C=CCN(CCN)Cc1ccc2c(c1)OCO2. The van der Waals surface area contributed by atoms with Crippen LogP contribution < -0.4 is 15.2 Å². The summed E-state index contributed by atoms with van der Waals surface area (Å²) in [5.74, 6) is 1.65. The summed E-state index contributed by atoms with van der Waals surface area (Å²) in [6.45, 7) is 7.27. The van der Waals surface area contributed by atoms with Gasteiger partial charge in [0.05, 0.1) is 0 Å². The summed E-state index contributed by atoms with van der Waals surface area (Å²) < 4.78 is 10.6. The molecule has 0 saturated heterocycles. The summed E-state index contributed by atoms with van der Waals surface area (Å²) in [6.07, 6.45) is 1.89. The standard InChI is InChI=1S/C13H18N2O2/c1-2-6-15(7-5-14)9-11-3-4-12-13(8-11)17-10-16-12/h2-4,8H,1,5-7,9-10,14H2. The first-order valence-electron chi connectivity index (χ1n) is 5.75. The van der Waals surface area contributed by atoms with Gasteiger partial charge in [-0.3, -0.25) is 4.90 Å². The number of benzene rings is 1. The molecule has 0 spiro atoms. The maximum atomic E-state index is 5.58. The lowest BCUT2D eigenvalue weighted by molar-refractivity contribution is 0.174. The summed E-state index contributed by atoms with van der Waals surface area (Å²) in [7, 11) is 0. The fourth-order valence-corrected chi connectivity index (χ4v) is 1.90. The van der Waals surface area contributed by atoms with Crippen LogP contribution in [0.3, 0.4) is 0 Å². The molecule has 0 amide bonds. The van der Waals surface area contributed by atoms with E-state index in [9.17, 15) is 0 Å². The van der Waals surface area contributed by atoms with Gasteiger partial charge in [-0.25, -0.2) is 0 Å². The lowest BCUT2D eigenvalue weighted by Crippen LogP contribution is -2.29. The first-order valence-corrected chi connectivity index (χ1v) is 5.75. The Labute approximate surface area is 102 Å². The van der Waals surface area contributed by atoms with Crippen LogP contribution in [0.2, 0.25) is 0 Å². The van der Waals surface area contributed by atoms with Gasteiger partial charge in [0.25, 0.3) is 0 Å². The highest BCUT2D eigenvalue weighted by Crippen LogP contribution is 2.32. The third kappa shape index (κ3) is 2.99. The van der Waals surface area contributed by atoms with Gasteiger partial charge in [-0.15, -0.1) is 6.58 Å². The van der Waals surface area contributed by atoms with Crippen molar-refractivity contribution in [1.82, 2.24) is 4.90 Å². The van der Waals surface area contributed by atoms with Crippen molar-refractivity contribution in [3.63, 3.8) is 0 Å². The topological polar surface area (TPSA) is 47.7 Å². The van der Waals surface area contributed by atoms with Crippen molar-refractivity contribution in [1.29, 1.82) is 0 Å². The first kappa shape index (κ1) is 12.0. The molecule has 1 aliphatic heterocycles. The Morgan fingerprint density at radius 1 is 1.35 bits per heavy atom. The maximum absolute atomic E-state index is 5.58. The van der Waals surface area contributed by atoms with Crippen molar-refractivity contribution in [3.05, 3.63) is 36.4 Å². The number of nitrogens with two attached hydrogens (primary N) is 1. The van der Waals surface area contributed by atoms with Gasteiger partial charge < -0.3 is 15.2 Å². The van der Waals surface area contributed by atoms with E-state index in [2.05, 4.69) is 17.5 Å². The van der Waals surface area contributed by atoms with E-state index in [1.54, 1.807) is 0 Å². The average molecular weight is 234 g/mol. The first-order chi connectivity index (χ1) is 8.33. The van der Waals surface area contributed by atoms with Crippen LogP contribution in [0, 0.1) is 0 Å². The Kier molecular flexibility index (Phi) is 4.01. The van der Waals surface area contributed by atoms with Gasteiger partial charge in [0.2, 0.25) is 6.79 Å². The van der Waals surface area contributed by atoms with Crippen molar-refractivity contribution >= 4 is 0 Å². The summed E-state index contributed by atoms with van der Waals surface area (Å²) in [6, 6.07) is 6.03. The minimum atomic E-state index is 0.317. The second-order valence-electron chi connectivity index (χ2n) is 4.00. The van der Waals surface area contributed by atoms with Gasteiger partial charge in [0.15, 0.2) is 11.5 Å². The van der Waals surface area contributed by atoms with Crippen LogP contribution in [0.15, 0.2) is 30.9 Å². The third-order valence-corrected chi connectivity index (χ3v) is 2.68. The predicted molar refractivity (Wildman–Crippen MR) is 67.1 cm³/mol. The molecule has 0 bridgehead atoms. The molecule has 1 aromatic rings. The molecule has 0 aliphatic carbocycles. The highest BCUT2D eigenvalue weighted by Gasteiger charge is 2.14. The van der Waals surface area contributed by atoms with Crippen LogP contribution in [-0.4, -0.2) is 31.3 Å². The van der Waals surface area contributed by atoms with Crippen LogP contribution in [0.1, 0.15) is 5.56 Å². The van der Waals surface area contributed by atoms with Gasteiger partial charge in [-0.2, -0.15) is 0 Å². The quantitative estimate of drug-likeness (QED) is 0.755. The Balaban J connectivity index is 2.03. The smallest absolute Gasteiger partial charge is 0.231 e. The molecule has 0 atom stereocenters. The Bertz CT molecular complexity index is 393.